The molecule has 0 amide bonds. The Hall–Kier alpha value is -7.99. The van der Waals surface area contributed by atoms with Crippen LogP contribution in [0, 0.1) is 0 Å². The van der Waals surface area contributed by atoms with E-state index in [9.17, 15) is 0 Å². The van der Waals surface area contributed by atoms with E-state index in [1.807, 2.05) is 30.3 Å². The molecule has 2 aromatic heterocycles. The Kier molecular flexibility index (Phi) is 9.14. The molecule has 5 heteroatoms. The lowest BCUT2D eigenvalue weighted by Gasteiger charge is -2.34. The summed E-state index contributed by atoms with van der Waals surface area (Å²) in [5.41, 5.74) is 11.6. The van der Waals surface area contributed by atoms with Crippen molar-refractivity contribution in [1.29, 1.82) is 0 Å². The Bertz CT molecular complexity index is 3470. The first-order valence-electron chi connectivity index (χ1n) is 22.3. The molecule has 1 aliphatic carbocycles. The fourth-order valence-electron chi connectivity index (χ4n) is 10.4. The van der Waals surface area contributed by atoms with Gasteiger partial charge in [0.2, 0.25) is 0 Å². The summed E-state index contributed by atoms with van der Waals surface area (Å²) in [5, 5.41) is 7.32. The van der Waals surface area contributed by atoms with Crippen molar-refractivity contribution in [2.75, 3.05) is 0 Å². The molecule has 0 radical (unpaired) electrons. The minimum absolute atomic E-state index is 0.151. The standard InChI is InChI=1S/C60H43N3OSi/c1-60(2)52-32-17-15-30-48(52)49-35-34-41(38-53(49)60)51-37-43(39-55-56(51)50-31-16-18-33-54(50)64-55)59-62-57(40-20-7-3-8-21-40)61-58(63-59)42-22-19-29-47(36-42)65(44-23-9-4-10-24-44,45-25-11-5-12-26-45)46-27-13-6-14-28-46/h3-39H,1-2H3. The first-order chi connectivity index (χ1) is 32.0. The average molecular weight is 850 g/mol. The van der Waals surface area contributed by atoms with Crippen LogP contribution in [-0.2, 0) is 5.41 Å². The van der Waals surface area contributed by atoms with Crippen molar-refractivity contribution in [3.05, 3.63) is 236 Å². The molecule has 0 N–H and O–H groups in total. The molecule has 0 saturated carbocycles. The second-order valence-corrected chi connectivity index (χ2v) is 21.3. The molecule has 1 aliphatic rings. The Labute approximate surface area is 379 Å². The van der Waals surface area contributed by atoms with E-state index in [-0.39, 0.29) is 5.41 Å². The highest BCUT2D eigenvalue weighted by Gasteiger charge is 2.41. The largest absolute Gasteiger partial charge is 0.456 e. The van der Waals surface area contributed by atoms with Crippen LogP contribution in [0.5, 0.6) is 0 Å². The van der Waals surface area contributed by atoms with Crippen LogP contribution in [0.2, 0.25) is 0 Å². The van der Waals surface area contributed by atoms with Gasteiger partial charge in [-0.25, -0.2) is 15.0 Å². The van der Waals surface area contributed by atoms with Gasteiger partial charge in [0.05, 0.1) is 0 Å². The van der Waals surface area contributed by atoms with E-state index in [0.717, 1.165) is 49.8 Å². The third kappa shape index (κ3) is 6.30. The molecule has 0 aliphatic heterocycles. The van der Waals surface area contributed by atoms with Crippen LogP contribution in [0.15, 0.2) is 229 Å². The molecule has 0 atom stereocenters. The second-order valence-electron chi connectivity index (χ2n) is 17.5. The minimum atomic E-state index is -2.83. The lowest BCUT2D eigenvalue weighted by Crippen LogP contribution is -2.74. The van der Waals surface area contributed by atoms with Gasteiger partial charge in [-0.3, -0.25) is 0 Å². The molecule has 2 heterocycles. The van der Waals surface area contributed by atoms with Crippen molar-refractivity contribution >= 4 is 50.8 Å². The van der Waals surface area contributed by atoms with Gasteiger partial charge < -0.3 is 4.42 Å². The summed E-state index contributed by atoms with van der Waals surface area (Å²) in [7, 11) is -2.83. The van der Waals surface area contributed by atoms with Gasteiger partial charge >= 0.3 is 0 Å². The Balaban J connectivity index is 1.08. The van der Waals surface area contributed by atoms with E-state index in [2.05, 4.69) is 208 Å². The minimum Gasteiger partial charge on any atom is -0.456 e. The fourth-order valence-corrected chi connectivity index (χ4v) is 15.2. The van der Waals surface area contributed by atoms with Gasteiger partial charge in [-0.05, 0) is 78.4 Å². The number of furan rings is 1. The predicted octanol–water partition coefficient (Wildman–Crippen LogP) is 12.1. The lowest BCUT2D eigenvalue weighted by atomic mass is 9.81. The predicted molar refractivity (Wildman–Crippen MR) is 270 cm³/mol. The fraction of sp³-hybridized carbons (Fsp3) is 0.0500. The molecule has 0 unspecified atom stereocenters. The molecular weight excluding hydrogens is 807 g/mol. The van der Waals surface area contributed by atoms with Crippen LogP contribution < -0.4 is 20.7 Å². The molecule has 0 spiro atoms. The number of aromatic nitrogens is 3. The first kappa shape index (κ1) is 38.7. The van der Waals surface area contributed by atoms with Crippen LogP contribution in [-0.4, -0.2) is 23.0 Å². The highest BCUT2D eigenvalue weighted by molar-refractivity contribution is 7.19. The molecule has 308 valence electrons. The van der Waals surface area contributed by atoms with Crippen LogP contribution in [0.25, 0.3) is 78.4 Å². The number of benzene rings is 9. The Morgan fingerprint density at radius 3 is 1.55 bits per heavy atom. The van der Waals surface area contributed by atoms with E-state index < -0.39 is 8.07 Å². The van der Waals surface area contributed by atoms with Gasteiger partial charge in [0.25, 0.3) is 0 Å². The van der Waals surface area contributed by atoms with Gasteiger partial charge in [-0.15, -0.1) is 0 Å². The van der Waals surface area contributed by atoms with Crippen molar-refractivity contribution in [2.24, 2.45) is 0 Å². The number of nitrogens with zero attached hydrogens (tertiary/aromatic N) is 3. The normalized spacial score (nSPS) is 12.9. The molecule has 11 aromatic rings. The summed E-state index contributed by atoms with van der Waals surface area (Å²) in [4.78, 5) is 15.9. The van der Waals surface area contributed by atoms with Gasteiger partial charge in [-0.1, -0.05) is 214 Å². The van der Waals surface area contributed by atoms with Gasteiger partial charge in [-0.2, -0.15) is 0 Å². The summed E-state index contributed by atoms with van der Waals surface area (Å²) < 4.78 is 6.70. The quantitative estimate of drug-likeness (QED) is 0.113. The molecule has 0 saturated heterocycles. The van der Waals surface area contributed by atoms with E-state index in [1.165, 1.54) is 43.0 Å². The summed E-state index contributed by atoms with van der Waals surface area (Å²) in [5.74, 6) is 1.79. The van der Waals surface area contributed by atoms with Crippen LogP contribution >= 0.6 is 0 Å². The third-order valence-corrected chi connectivity index (χ3v) is 18.2. The monoisotopic (exact) mass is 849 g/mol. The number of hydrogen-bond donors (Lipinski definition) is 0. The van der Waals surface area contributed by atoms with E-state index in [1.54, 1.807) is 0 Å². The maximum atomic E-state index is 6.70. The Morgan fingerprint density at radius 2 is 0.877 bits per heavy atom. The van der Waals surface area contributed by atoms with Crippen molar-refractivity contribution in [1.82, 2.24) is 15.0 Å². The number of rotatable bonds is 8. The van der Waals surface area contributed by atoms with Gasteiger partial charge in [0.15, 0.2) is 25.5 Å². The lowest BCUT2D eigenvalue weighted by molar-refractivity contribution is 0.660. The zero-order valence-electron chi connectivity index (χ0n) is 36.1. The molecule has 0 fully saturated rings. The zero-order chi connectivity index (χ0) is 43.5. The van der Waals surface area contributed by atoms with E-state index >= 15 is 0 Å². The number of hydrogen-bond acceptors (Lipinski definition) is 4. The summed E-state index contributed by atoms with van der Waals surface area (Å²) in [6.07, 6.45) is 0. The topological polar surface area (TPSA) is 51.8 Å². The van der Waals surface area contributed by atoms with Crippen LogP contribution in [0.1, 0.15) is 25.0 Å². The number of fused-ring (bicyclic) bond motifs is 6. The maximum Gasteiger partial charge on any atom is 0.179 e. The number of para-hydroxylation sites is 1. The summed E-state index contributed by atoms with van der Waals surface area (Å²) in [6, 6.07) is 80.6. The van der Waals surface area contributed by atoms with Crippen molar-refractivity contribution in [3.8, 4) is 56.4 Å². The summed E-state index contributed by atoms with van der Waals surface area (Å²) >= 11 is 0. The Morgan fingerprint density at radius 1 is 0.354 bits per heavy atom. The molecule has 12 rings (SSSR count). The highest BCUT2D eigenvalue weighted by atomic mass is 28.3. The SMILES string of the molecule is CC1(C)c2ccccc2-c2ccc(-c3cc(-c4nc(-c5ccccc5)nc(-c5cccc([Si](c6ccccc6)(c6ccccc6)c6ccccc6)c5)n4)cc4oc5ccccc5c34)cc21. The third-order valence-electron chi connectivity index (χ3n) is 13.5. The van der Waals surface area contributed by atoms with Crippen molar-refractivity contribution < 1.29 is 4.42 Å². The van der Waals surface area contributed by atoms with Crippen molar-refractivity contribution in [3.63, 3.8) is 0 Å². The molecule has 65 heavy (non-hydrogen) atoms. The second kappa shape index (κ2) is 15.4. The average Bonchev–Trinajstić information content (AvgIpc) is 3.86. The highest BCUT2D eigenvalue weighted by Crippen LogP contribution is 2.50. The van der Waals surface area contributed by atoms with Gasteiger partial charge in [0.1, 0.15) is 11.2 Å². The summed E-state index contributed by atoms with van der Waals surface area (Å²) in [6.45, 7) is 4.67. The van der Waals surface area contributed by atoms with Gasteiger partial charge in [0, 0.05) is 32.9 Å². The van der Waals surface area contributed by atoms with E-state index in [4.69, 9.17) is 19.4 Å². The smallest absolute Gasteiger partial charge is 0.179 e. The molecule has 4 nitrogen and oxygen atoms in total. The van der Waals surface area contributed by atoms with Crippen LogP contribution in [0.4, 0.5) is 0 Å². The molecular formula is C60H43N3OSi. The van der Waals surface area contributed by atoms with Crippen LogP contribution in [0.3, 0.4) is 0 Å². The molecule has 0 bridgehead atoms. The van der Waals surface area contributed by atoms with Crippen molar-refractivity contribution in [2.45, 2.75) is 19.3 Å². The maximum absolute atomic E-state index is 6.70. The van der Waals surface area contributed by atoms with E-state index in [0.29, 0.717) is 17.5 Å². The zero-order valence-corrected chi connectivity index (χ0v) is 37.1. The first-order valence-corrected chi connectivity index (χ1v) is 24.3. The molecule has 9 aromatic carbocycles.